The lowest BCUT2D eigenvalue weighted by Crippen LogP contribution is -2.48. The smallest absolute Gasteiger partial charge is 0.200 e. The lowest BCUT2D eigenvalue weighted by atomic mass is 10.5. The van der Waals surface area contributed by atoms with E-state index in [0.717, 1.165) is 32.3 Å². The number of hydrogen-bond donors (Lipinski definition) is 0. The SMILES string of the molecule is CO[Si](C)(C)CCCOCCO[Si](C(C)C)(C(C)C)C(C)C. The van der Waals surface area contributed by atoms with Crippen molar-refractivity contribution in [1.29, 1.82) is 0 Å². The summed E-state index contributed by atoms with van der Waals surface area (Å²) >= 11 is 0. The van der Waals surface area contributed by atoms with Gasteiger partial charge < -0.3 is 13.6 Å². The standard InChI is InChI=1S/C17H40O3Si2/c1-15(2)22(16(3)4,17(5)6)20-13-12-19-11-10-14-21(8,9)18-7/h15-17H,10-14H2,1-9H3. The minimum Gasteiger partial charge on any atom is -0.420 e. The monoisotopic (exact) mass is 348 g/mol. The number of rotatable bonds is 12. The van der Waals surface area contributed by atoms with Crippen LogP contribution in [0.2, 0.25) is 35.8 Å². The molecular formula is C17H40O3Si2. The molecule has 0 amide bonds. The van der Waals surface area contributed by atoms with Gasteiger partial charge in [0.1, 0.15) is 0 Å². The van der Waals surface area contributed by atoms with Crippen LogP contribution in [0.3, 0.4) is 0 Å². The van der Waals surface area contributed by atoms with Crippen LogP contribution >= 0.6 is 0 Å². The summed E-state index contributed by atoms with van der Waals surface area (Å²) in [4.78, 5) is 0. The Labute approximate surface area is 141 Å². The summed E-state index contributed by atoms with van der Waals surface area (Å²) < 4.78 is 17.8. The Morgan fingerprint density at radius 2 is 1.27 bits per heavy atom. The summed E-state index contributed by atoms with van der Waals surface area (Å²) in [6.07, 6.45) is 1.09. The lowest BCUT2D eigenvalue weighted by Gasteiger charge is -2.42. The van der Waals surface area contributed by atoms with Crippen LogP contribution < -0.4 is 0 Å². The van der Waals surface area contributed by atoms with E-state index in [9.17, 15) is 0 Å². The molecule has 0 aromatic heterocycles. The van der Waals surface area contributed by atoms with Crippen LogP contribution in [0.25, 0.3) is 0 Å². The zero-order chi connectivity index (χ0) is 17.4. The van der Waals surface area contributed by atoms with E-state index in [1.807, 2.05) is 7.11 Å². The number of hydrogen-bond acceptors (Lipinski definition) is 3. The van der Waals surface area contributed by atoms with Crippen molar-refractivity contribution < 1.29 is 13.6 Å². The van der Waals surface area contributed by atoms with Crippen molar-refractivity contribution in [3.8, 4) is 0 Å². The summed E-state index contributed by atoms with van der Waals surface area (Å²) in [6, 6.07) is 1.16. The second-order valence-corrected chi connectivity index (χ2v) is 17.7. The van der Waals surface area contributed by atoms with Crippen LogP contribution in [0, 0.1) is 0 Å². The highest BCUT2D eigenvalue weighted by Gasteiger charge is 2.44. The maximum Gasteiger partial charge on any atom is 0.200 e. The highest BCUT2D eigenvalue weighted by Crippen LogP contribution is 2.42. The van der Waals surface area contributed by atoms with E-state index in [2.05, 4.69) is 54.6 Å². The van der Waals surface area contributed by atoms with Gasteiger partial charge in [-0.25, -0.2) is 0 Å². The third kappa shape index (κ3) is 6.83. The van der Waals surface area contributed by atoms with Crippen molar-refractivity contribution >= 4 is 16.6 Å². The first kappa shape index (κ1) is 22.3. The van der Waals surface area contributed by atoms with E-state index >= 15 is 0 Å². The highest BCUT2D eigenvalue weighted by molar-refractivity contribution is 6.77. The topological polar surface area (TPSA) is 27.7 Å². The molecular weight excluding hydrogens is 308 g/mol. The molecule has 22 heavy (non-hydrogen) atoms. The van der Waals surface area contributed by atoms with Crippen molar-refractivity contribution in [1.82, 2.24) is 0 Å². The first-order chi connectivity index (χ1) is 10.1. The van der Waals surface area contributed by atoms with E-state index < -0.39 is 16.6 Å². The van der Waals surface area contributed by atoms with Crippen molar-refractivity contribution in [3.05, 3.63) is 0 Å². The molecule has 0 atom stereocenters. The average molecular weight is 349 g/mol. The van der Waals surface area contributed by atoms with Gasteiger partial charge in [-0.2, -0.15) is 0 Å². The van der Waals surface area contributed by atoms with Gasteiger partial charge in [0.2, 0.25) is 0 Å². The fourth-order valence-electron chi connectivity index (χ4n) is 3.58. The third-order valence-electron chi connectivity index (χ3n) is 4.91. The Morgan fingerprint density at radius 1 is 0.773 bits per heavy atom. The van der Waals surface area contributed by atoms with Crippen LogP contribution in [0.5, 0.6) is 0 Å². The van der Waals surface area contributed by atoms with Crippen LogP contribution in [0.15, 0.2) is 0 Å². The predicted octanol–water partition coefficient (Wildman–Crippen LogP) is 5.44. The molecule has 0 aromatic rings. The molecule has 0 aliphatic carbocycles. The minimum atomic E-state index is -1.72. The molecule has 0 aliphatic rings. The van der Waals surface area contributed by atoms with Gasteiger partial charge in [-0.1, -0.05) is 41.5 Å². The van der Waals surface area contributed by atoms with E-state index in [-0.39, 0.29) is 0 Å². The Kier molecular flexibility index (Phi) is 10.4. The van der Waals surface area contributed by atoms with Crippen molar-refractivity contribution in [2.75, 3.05) is 26.9 Å². The maximum absolute atomic E-state index is 6.48. The zero-order valence-corrected chi connectivity index (χ0v) is 18.5. The molecule has 0 aromatic carbocycles. The molecule has 0 N–H and O–H groups in total. The fraction of sp³-hybridized carbons (Fsp3) is 1.00. The molecule has 134 valence electrons. The molecule has 0 heterocycles. The lowest BCUT2D eigenvalue weighted by molar-refractivity contribution is 0.0937. The quantitative estimate of drug-likeness (QED) is 0.347. The first-order valence-corrected chi connectivity index (χ1v) is 14.1. The van der Waals surface area contributed by atoms with E-state index in [4.69, 9.17) is 13.6 Å². The molecule has 0 radical (unpaired) electrons. The third-order valence-corrected chi connectivity index (χ3v) is 13.7. The minimum absolute atomic E-state index is 0.640. The van der Waals surface area contributed by atoms with Gasteiger partial charge in [0.25, 0.3) is 0 Å². The van der Waals surface area contributed by atoms with Gasteiger partial charge in [-0.3, -0.25) is 0 Å². The summed E-state index contributed by atoms with van der Waals surface area (Å²) in [5, 5.41) is 0. The Hall–Kier alpha value is 0.314. The Balaban J connectivity index is 4.11. The van der Waals surface area contributed by atoms with Crippen molar-refractivity contribution in [2.45, 2.75) is 83.7 Å². The summed E-state index contributed by atoms with van der Waals surface area (Å²) in [5.74, 6) is 0. The molecule has 3 nitrogen and oxygen atoms in total. The van der Waals surface area contributed by atoms with E-state index in [1.54, 1.807) is 0 Å². The Morgan fingerprint density at radius 3 is 1.68 bits per heavy atom. The first-order valence-electron chi connectivity index (χ1n) is 8.87. The van der Waals surface area contributed by atoms with Gasteiger partial charge in [-0.05, 0) is 42.2 Å². The van der Waals surface area contributed by atoms with Gasteiger partial charge in [0.05, 0.1) is 13.2 Å². The van der Waals surface area contributed by atoms with Crippen molar-refractivity contribution in [3.63, 3.8) is 0 Å². The molecule has 0 bridgehead atoms. The summed E-state index contributed by atoms with van der Waals surface area (Å²) in [5.41, 5.74) is 1.92. The molecule has 0 spiro atoms. The molecule has 0 saturated carbocycles. The second-order valence-electron chi connectivity index (χ2n) is 7.85. The molecule has 0 unspecified atom stereocenters. The van der Waals surface area contributed by atoms with Crippen LogP contribution in [-0.2, 0) is 13.6 Å². The van der Waals surface area contributed by atoms with Gasteiger partial charge in [-0.15, -0.1) is 0 Å². The Bertz CT molecular complexity index is 270. The summed E-state index contributed by atoms with van der Waals surface area (Å²) in [7, 11) is -1.32. The maximum atomic E-state index is 6.48. The van der Waals surface area contributed by atoms with Crippen LogP contribution in [0.1, 0.15) is 48.0 Å². The molecule has 0 saturated heterocycles. The van der Waals surface area contributed by atoms with Crippen LogP contribution in [-0.4, -0.2) is 43.6 Å². The normalized spacial score (nSPS) is 13.6. The van der Waals surface area contributed by atoms with Crippen LogP contribution in [0.4, 0.5) is 0 Å². The van der Waals surface area contributed by atoms with Gasteiger partial charge in [0.15, 0.2) is 16.6 Å². The van der Waals surface area contributed by atoms with Gasteiger partial charge >= 0.3 is 0 Å². The zero-order valence-electron chi connectivity index (χ0n) is 16.5. The fourth-order valence-corrected chi connectivity index (χ4v) is 10.2. The summed E-state index contributed by atoms with van der Waals surface area (Å²) in [6.45, 7) is 20.7. The van der Waals surface area contributed by atoms with E-state index in [1.165, 1.54) is 0 Å². The molecule has 0 fully saturated rings. The van der Waals surface area contributed by atoms with Crippen molar-refractivity contribution in [2.24, 2.45) is 0 Å². The highest BCUT2D eigenvalue weighted by atomic mass is 28.4. The largest absolute Gasteiger partial charge is 0.420 e. The number of ether oxygens (including phenoxy) is 1. The average Bonchev–Trinajstić information content (AvgIpc) is 2.40. The predicted molar refractivity (Wildman–Crippen MR) is 102 cm³/mol. The molecule has 0 rings (SSSR count). The van der Waals surface area contributed by atoms with E-state index in [0.29, 0.717) is 16.6 Å². The molecule has 0 aliphatic heterocycles. The molecule has 5 heteroatoms. The second kappa shape index (κ2) is 10.2. The van der Waals surface area contributed by atoms with Gasteiger partial charge in [0, 0.05) is 13.7 Å².